The lowest BCUT2D eigenvalue weighted by molar-refractivity contribution is 0.747. The molecule has 64 valence electrons. The van der Waals surface area contributed by atoms with Crippen molar-refractivity contribution in [2.45, 2.75) is 0 Å². The maximum atomic E-state index is 8.19. The lowest BCUT2D eigenvalue weighted by atomic mass is 10.4. The molecule has 0 spiro atoms. The van der Waals surface area contributed by atoms with E-state index >= 15 is 0 Å². The van der Waals surface area contributed by atoms with E-state index in [0.717, 1.165) is 4.79 Å². The van der Waals surface area contributed by atoms with E-state index in [0.29, 0.717) is 11.0 Å². The number of rotatable bonds is 1. The van der Waals surface area contributed by atoms with Crippen molar-refractivity contribution in [1.82, 2.24) is 19.9 Å². The van der Waals surface area contributed by atoms with Crippen LogP contribution in [0.25, 0.3) is 21.5 Å². The van der Waals surface area contributed by atoms with Crippen molar-refractivity contribution in [3.63, 3.8) is 0 Å². The number of azide groups is 1. The van der Waals surface area contributed by atoms with Crippen molar-refractivity contribution in [3.8, 4) is 0 Å². The summed E-state index contributed by atoms with van der Waals surface area (Å²) in [4.78, 5) is 11.2. The van der Waals surface area contributed by atoms with E-state index in [1.807, 2.05) is 0 Å². The molecule has 7 nitrogen and oxygen atoms in total. The van der Waals surface area contributed by atoms with Crippen LogP contribution in [0, 0.1) is 0 Å². The van der Waals surface area contributed by atoms with Gasteiger partial charge in [0, 0.05) is 5.22 Å². The van der Waals surface area contributed by atoms with Gasteiger partial charge in [0.1, 0.15) is 16.9 Å². The summed E-state index contributed by atoms with van der Waals surface area (Å²) in [6.07, 6.45) is 2.71. The molecule has 13 heavy (non-hydrogen) atoms. The highest BCUT2D eigenvalue weighted by molar-refractivity contribution is 6.33. The predicted molar refractivity (Wildman–Crippen MR) is 44.9 cm³/mol. The van der Waals surface area contributed by atoms with Crippen molar-refractivity contribution in [2.75, 3.05) is 0 Å². The molecule has 0 saturated carbocycles. The van der Waals surface area contributed by atoms with Gasteiger partial charge in [-0.3, -0.25) is 0 Å². The molecule has 0 saturated heterocycles. The molecule has 2 rings (SSSR count). The highest BCUT2D eigenvalue weighted by Gasteiger charge is 2.10. The number of fused-ring (bicyclic) bond motifs is 1. The van der Waals surface area contributed by atoms with Crippen LogP contribution in [0.5, 0.6) is 0 Å². The highest BCUT2D eigenvalue weighted by atomic mass is 35.5. The van der Waals surface area contributed by atoms with E-state index in [9.17, 15) is 0 Å². The molecule has 8 heteroatoms. The van der Waals surface area contributed by atoms with Gasteiger partial charge in [-0.1, -0.05) is 21.5 Å². The third-order valence-electron chi connectivity index (χ3n) is 1.42. The van der Waals surface area contributed by atoms with Crippen LogP contribution in [0.1, 0.15) is 0 Å². The fraction of sp³-hybridized carbons (Fsp3) is 0. The molecule has 0 aliphatic carbocycles. The van der Waals surface area contributed by atoms with Gasteiger partial charge in [-0.15, -0.1) is 5.53 Å². The lowest BCUT2D eigenvalue weighted by Gasteiger charge is -1.87. The maximum absolute atomic E-state index is 8.19. The standard InChI is InChI=1S/C5H2ClN7/c6-4-3-1-10-13(12-11-7)5(3)9-2-8-4/h1-2H. The summed E-state index contributed by atoms with van der Waals surface area (Å²) >= 11 is 5.73. The average Bonchev–Trinajstić information content (AvgIpc) is 2.51. The molecular formula is C5H2ClN7. The molecule has 2 heterocycles. The third-order valence-corrected chi connectivity index (χ3v) is 1.73. The average molecular weight is 196 g/mol. The molecule has 0 atom stereocenters. The topological polar surface area (TPSA) is 92.4 Å². The molecule has 0 aliphatic rings. The number of aromatic nitrogens is 4. The van der Waals surface area contributed by atoms with Crippen LogP contribution in [0.2, 0.25) is 5.15 Å². The summed E-state index contributed by atoms with van der Waals surface area (Å²) in [6, 6.07) is 0. The molecule has 0 bridgehead atoms. The Bertz CT molecular complexity index is 497. The van der Waals surface area contributed by atoms with E-state index in [2.05, 4.69) is 25.2 Å². The van der Waals surface area contributed by atoms with Crippen molar-refractivity contribution < 1.29 is 0 Å². The Morgan fingerprint density at radius 3 is 3.15 bits per heavy atom. The Kier molecular flexibility index (Phi) is 1.73. The molecule has 0 aromatic carbocycles. The summed E-state index contributed by atoms with van der Waals surface area (Å²) in [7, 11) is 0. The van der Waals surface area contributed by atoms with Crippen LogP contribution in [-0.4, -0.2) is 19.9 Å². The number of nitrogens with zero attached hydrogens (tertiary/aromatic N) is 7. The van der Waals surface area contributed by atoms with E-state index < -0.39 is 0 Å². The summed E-state index contributed by atoms with van der Waals surface area (Å²) < 4.78 is 0. The van der Waals surface area contributed by atoms with Crippen LogP contribution in [0.15, 0.2) is 17.7 Å². The zero-order valence-corrected chi connectivity index (χ0v) is 6.92. The van der Waals surface area contributed by atoms with Gasteiger partial charge in [0.25, 0.3) is 5.65 Å². The van der Waals surface area contributed by atoms with E-state index in [-0.39, 0.29) is 5.15 Å². The van der Waals surface area contributed by atoms with E-state index in [1.54, 1.807) is 0 Å². The Morgan fingerprint density at radius 2 is 2.38 bits per heavy atom. The van der Waals surface area contributed by atoms with Crippen LogP contribution in [-0.2, 0) is 0 Å². The van der Waals surface area contributed by atoms with E-state index in [1.165, 1.54) is 12.5 Å². The Labute approximate surface area is 76.6 Å². The van der Waals surface area contributed by atoms with Crippen molar-refractivity contribution in [1.29, 1.82) is 0 Å². The zero-order valence-electron chi connectivity index (χ0n) is 6.16. The second-order valence-electron chi connectivity index (χ2n) is 2.11. The van der Waals surface area contributed by atoms with Crippen molar-refractivity contribution in [3.05, 3.63) is 28.1 Å². The smallest absolute Gasteiger partial charge is 0.224 e. The summed E-state index contributed by atoms with van der Waals surface area (Å²) in [5.74, 6) is 0. The maximum Gasteiger partial charge on any atom is 0.265 e. The van der Waals surface area contributed by atoms with Crippen molar-refractivity contribution >= 4 is 22.6 Å². The van der Waals surface area contributed by atoms with Crippen LogP contribution >= 0.6 is 11.6 Å². The summed E-state index contributed by atoms with van der Waals surface area (Å²) in [5, 5.41) is 7.86. The number of hydrogen-bond donors (Lipinski definition) is 0. The van der Waals surface area contributed by atoms with Gasteiger partial charge >= 0.3 is 0 Å². The molecule has 0 radical (unpaired) electrons. The minimum Gasteiger partial charge on any atom is -0.224 e. The minimum absolute atomic E-state index is 0.282. The SMILES string of the molecule is [N-]=[N+]=Nn1ncc2c(Cl)ncnc21. The second-order valence-corrected chi connectivity index (χ2v) is 2.47. The van der Waals surface area contributed by atoms with Gasteiger partial charge < -0.3 is 0 Å². The van der Waals surface area contributed by atoms with Gasteiger partial charge in [-0.25, -0.2) is 4.98 Å². The van der Waals surface area contributed by atoms with Crippen LogP contribution in [0.3, 0.4) is 0 Å². The number of hydrogen-bond acceptors (Lipinski definition) is 4. The molecule has 2 aromatic heterocycles. The van der Waals surface area contributed by atoms with E-state index in [4.69, 9.17) is 17.1 Å². The van der Waals surface area contributed by atoms with Crippen molar-refractivity contribution in [2.24, 2.45) is 5.22 Å². The highest BCUT2D eigenvalue weighted by Crippen LogP contribution is 2.17. The monoisotopic (exact) mass is 195 g/mol. The first kappa shape index (κ1) is 7.78. The van der Waals surface area contributed by atoms with Crippen LogP contribution < -0.4 is 0 Å². The fourth-order valence-electron chi connectivity index (χ4n) is 0.906. The predicted octanol–water partition coefficient (Wildman–Crippen LogP) is 1.55. The number of halogens is 1. The lowest BCUT2D eigenvalue weighted by Crippen LogP contribution is -1.90. The second kappa shape index (κ2) is 2.89. The largest absolute Gasteiger partial charge is 0.265 e. The normalized spacial score (nSPS) is 9.92. The molecule has 0 amide bonds. The Hall–Kier alpha value is -1.85. The fourth-order valence-corrected chi connectivity index (χ4v) is 1.08. The van der Waals surface area contributed by atoms with Gasteiger partial charge in [0.2, 0.25) is 0 Å². The summed E-state index contributed by atoms with van der Waals surface area (Å²) in [6.45, 7) is 0. The van der Waals surface area contributed by atoms with Gasteiger partial charge in [-0.2, -0.15) is 9.90 Å². The summed E-state index contributed by atoms with van der Waals surface area (Å²) in [5.41, 5.74) is 8.57. The molecular weight excluding hydrogens is 194 g/mol. The first-order valence-electron chi connectivity index (χ1n) is 3.22. The van der Waals surface area contributed by atoms with Crippen LogP contribution in [0.4, 0.5) is 0 Å². The van der Waals surface area contributed by atoms with Gasteiger partial charge in [0.15, 0.2) is 0 Å². The zero-order chi connectivity index (χ0) is 9.26. The Morgan fingerprint density at radius 1 is 1.54 bits per heavy atom. The first-order chi connectivity index (χ1) is 6.33. The molecule has 0 unspecified atom stereocenters. The van der Waals surface area contributed by atoms with Gasteiger partial charge in [-0.05, 0) is 0 Å². The van der Waals surface area contributed by atoms with Gasteiger partial charge in [0.05, 0.1) is 6.20 Å². The quantitative estimate of drug-likeness (QED) is 0.299. The first-order valence-corrected chi connectivity index (χ1v) is 3.60. The third kappa shape index (κ3) is 1.16. The molecule has 0 N–H and O–H groups in total. The molecule has 2 aromatic rings. The molecule has 0 fully saturated rings. The Balaban J connectivity index is 2.82. The molecule has 0 aliphatic heterocycles. The minimum atomic E-state index is 0.282.